The zero-order valence-corrected chi connectivity index (χ0v) is 10.1. The lowest BCUT2D eigenvalue weighted by molar-refractivity contribution is -0.165. The Labute approximate surface area is 106 Å². The number of esters is 1. The summed E-state index contributed by atoms with van der Waals surface area (Å²) < 4.78 is 50.7. The number of ether oxygens (including phenoxy) is 3. The molecule has 0 radical (unpaired) electrons. The van der Waals surface area contributed by atoms with E-state index >= 15 is 0 Å². The lowest BCUT2D eigenvalue weighted by Crippen LogP contribution is -2.27. The maximum Gasteiger partial charge on any atom is 0.422 e. The SMILES string of the molecule is C=C(OC(=O)C(=C)C(F)(F)F)OC1CSCCO1. The molecule has 0 aromatic carbocycles. The minimum absolute atomic E-state index is 0.450. The molecule has 1 saturated heterocycles. The first-order chi connectivity index (χ1) is 8.30. The molecule has 0 aromatic rings. The van der Waals surface area contributed by atoms with Gasteiger partial charge in [0.1, 0.15) is 5.57 Å². The average Bonchev–Trinajstić information content (AvgIpc) is 2.27. The number of alkyl halides is 3. The summed E-state index contributed by atoms with van der Waals surface area (Å²) in [6.45, 7) is 6.23. The van der Waals surface area contributed by atoms with E-state index in [9.17, 15) is 18.0 Å². The van der Waals surface area contributed by atoms with Crippen molar-refractivity contribution in [2.45, 2.75) is 12.5 Å². The predicted octanol–water partition coefficient (Wildman–Crippen LogP) is 2.23. The van der Waals surface area contributed by atoms with Crippen molar-refractivity contribution in [3.05, 3.63) is 24.7 Å². The highest BCUT2D eigenvalue weighted by Gasteiger charge is 2.38. The molecule has 0 bridgehead atoms. The van der Waals surface area contributed by atoms with Gasteiger partial charge in [0, 0.05) is 5.75 Å². The van der Waals surface area contributed by atoms with Gasteiger partial charge in [-0.05, 0) is 6.58 Å². The molecule has 102 valence electrons. The molecule has 1 aliphatic heterocycles. The number of carbonyl (C=O) groups excluding carboxylic acids is 1. The second kappa shape index (κ2) is 6.14. The first-order valence-electron chi connectivity index (χ1n) is 4.84. The fourth-order valence-electron chi connectivity index (χ4n) is 0.986. The molecule has 0 aliphatic carbocycles. The van der Waals surface area contributed by atoms with Crippen LogP contribution in [0.25, 0.3) is 0 Å². The van der Waals surface area contributed by atoms with Gasteiger partial charge in [0.15, 0.2) is 0 Å². The Balaban J connectivity index is 2.40. The number of carbonyl (C=O) groups is 1. The Kier molecular flexibility index (Phi) is 5.09. The van der Waals surface area contributed by atoms with Gasteiger partial charge >= 0.3 is 12.1 Å². The van der Waals surface area contributed by atoms with E-state index < -0.39 is 30.0 Å². The van der Waals surface area contributed by atoms with Gasteiger partial charge in [-0.25, -0.2) is 4.79 Å². The van der Waals surface area contributed by atoms with Gasteiger partial charge < -0.3 is 14.2 Å². The zero-order chi connectivity index (χ0) is 13.8. The van der Waals surface area contributed by atoms with E-state index in [0.29, 0.717) is 12.4 Å². The van der Waals surface area contributed by atoms with Crippen LogP contribution in [0, 0.1) is 0 Å². The largest absolute Gasteiger partial charge is 0.435 e. The minimum atomic E-state index is -4.84. The van der Waals surface area contributed by atoms with E-state index in [1.807, 2.05) is 0 Å². The van der Waals surface area contributed by atoms with Crippen molar-refractivity contribution < 1.29 is 32.2 Å². The molecular formula is C10H11F3O4S. The molecule has 8 heteroatoms. The highest BCUT2D eigenvalue weighted by molar-refractivity contribution is 7.99. The van der Waals surface area contributed by atoms with Crippen molar-refractivity contribution in [3.63, 3.8) is 0 Å². The first-order valence-corrected chi connectivity index (χ1v) is 5.99. The van der Waals surface area contributed by atoms with Crippen LogP contribution in [-0.2, 0) is 19.0 Å². The molecule has 4 nitrogen and oxygen atoms in total. The van der Waals surface area contributed by atoms with Crippen molar-refractivity contribution in [1.29, 1.82) is 0 Å². The lowest BCUT2D eigenvalue weighted by Gasteiger charge is -2.23. The summed E-state index contributed by atoms with van der Waals surface area (Å²) in [6, 6.07) is 0. The van der Waals surface area contributed by atoms with E-state index in [1.54, 1.807) is 11.8 Å². The van der Waals surface area contributed by atoms with Crippen molar-refractivity contribution in [2.75, 3.05) is 18.1 Å². The van der Waals surface area contributed by atoms with Gasteiger partial charge in [0.2, 0.25) is 6.29 Å². The molecule has 1 atom stereocenters. The highest BCUT2D eigenvalue weighted by atomic mass is 32.2. The average molecular weight is 284 g/mol. The number of thioether (sulfide) groups is 1. The van der Waals surface area contributed by atoms with Crippen LogP contribution in [0.15, 0.2) is 24.7 Å². The molecule has 1 fully saturated rings. The van der Waals surface area contributed by atoms with Gasteiger partial charge in [-0.2, -0.15) is 24.9 Å². The van der Waals surface area contributed by atoms with E-state index in [2.05, 4.69) is 17.9 Å². The standard InChI is InChI=1S/C10H11F3O4S/c1-6(10(11,12)13)9(14)17-7(2)16-8-5-18-4-3-15-8/h8H,1-5H2. The monoisotopic (exact) mass is 284 g/mol. The van der Waals surface area contributed by atoms with Crippen molar-refractivity contribution in [2.24, 2.45) is 0 Å². The van der Waals surface area contributed by atoms with Crippen LogP contribution < -0.4 is 0 Å². The second-order valence-electron chi connectivity index (χ2n) is 3.23. The fraction of sp³-hybridized carbons (Fsp3) is 0.500. The summed E-state index contributed by atoms with van der Waals surface area (Å²) in [7, 11) is 0. The van der Waals surface area contributed by atoms with E-state index in [-0.39, 0.29) is 0 Å². The molecule has 1 rings (SSSR count). The maximum absolute atomic E-state index is 12.1. The van der Waals surface area contributed by atoms with Gasteiger partial charge in [-0.1, -0.05) is 6.58 Å². The molecular weight excluding hydrogens is 273 g/mol. The quantitative estimate of drug-likeness (QED) is 0.450. The van der Waals surface area contributed by atoms with Crippen LogP contribution in [0.5, 0.6) is 0 Å². The van der Waals surface area contributed by atoms with Crippen molar-refractivity contribution in [1.82, 2.24) is 0 Å². The second-order valence-corrected chi connectivity index (χ2v) is 4.38. The highest BCUT2D eigenvalue weighted by Crippen LogP contribution is 2.26. The Bertz CT molecular complexity index is 348. The van der Waals surface area contributed by atoms with Crippen LogP contribution >= 0.6 is 11.8 Å². The summed E-state index contributed by atoms with van der Waals surface area (Å²) in [5.74, 6) is -0.901. The number of halogens is 3. The minimum Gasteiger partial charge on any atom is -0.435 e. The Hall–Kier alpha value is -1.15. The maximum atomic E-state index is 12.1. The van der Waals surface area contributed by atoms with Crippen LogP contribution in [0.3, 0.4) is 0 Å². The van der Waals surface area contributed by atoms with E-state index in [1.165, 1.54) is 0 Å². The van der Waals surface area contributed by atoms with Gasteiger partial charge in [-0.3, -0.25) is 0 Å². The summed E-state index contributed by atoms with van der Waals surface area (Å²) in [5, 5.41) is 0. The fourth-order valence-corrected chi connectivity index (χ4v) is 1.72. The zero-order valence-electron chi connectivity index (χ0n) is 9.29. The molecule has 0 N–H and O–H groups in total. The molecule has 0 spiro atoms. The molecule has 18 heavy (non-hydrogen) atoms. The Morgan fingerprint density at radius 2 is 2.06 bits per heavy atom. The third kappa shape index (κ3) is 4.61. The molecule has 0 aromatic heterocycles. The summed E-state index contributed by atoms with van der Waals surface area (Å²) in [5.41, 5.74) is -1.62. The van der Waals surface area contributed by atoms with Crippen LogP contribution in [0.4, 0.5) is 13.2 Å². The van der Waals surface area contributed by atoms with Crippen LogP contribution in [0.1, 0.15) is 0 Å². The van der Waals surface area contributed by atoms with Crippen LogP contribution in [0.2, 0.25) is 0 Å². The number of rotatable bonds is 4. The van der Waals surface area contributed by atoms with Crippen molar-refractivity contribution >= 4 is 17.7 Å². The Morgan fingerprint density at radius 3 is 2.56 bits per heavy atom. The summed E-state index contributed by atoms with van der Waals surface area (Å²) in [4.78, 5) is 11.0. The van der Waals surface area contributed by atoms with Crippen LogP contribution in [-0.4, -0.2) is 36.5 Å². The Morgan fingerprint density at radius 1 is 1.39 bits per heavy atom. The summed E-state index contributed by atoms with van der Waals surface area (Å²) >= 11 is 1.55. The third-order valence-electron chi connectivity index (χ3n) is 1.84. The smallest absolute Gasteiger partial charge is 0.422 e. The molecule has 0 saturated carbocycles. The van der Waals surface area contributed by atoms with E-state index in [4.69, 9.17) is 9.47 Å². The van der Waals surface area contributed by atoms with E-state index in [0.717, 1.165) is 5.75 Å². The first kappa shape index (κ1) is 14.9. The normalized spacial score (nSPS) is 20.1. The lowest BCUT2D eigenvalue weighted by atomic mass is 10.3. The molecule has 1 heterocycles. The van der Waals surface area contributed by atoms with Gasteiger partial charge in [-0.15, -0.1) is 0 Å². The van der Waals surface area contributed by atoms with Gasteiger partial charge in [0.25, 0.3) is 5.95 Å². The van der Waals surface area contributed by atoms with Crippen molar-refractivity contribution in [3.8, 4) is 0 Å². The topological polar surface area (TPSA) is 44.8 Å². The number of hydrogen-bond donors (Lipinski definition) is 0. The molecule has 1 unspecified atom stereocenters. The molecule has 1 aliphatic rings. The number of hydrogen-bond acceptors (Lipinski definition) is 5. The molecule has 0 amide bonds. The summed E-state index contributed by atoms with van der Waals surface area (Å²) in [6.07, 6.45) is -5.52. The third-order valence-corrected chi connectivity index (χ3v) is 2.81. The van der Waals surface area contributed by atoms with Gasteiger partial charge in [0.05, 0.1) is 12.4 Å². The predicted molar refractivity (Wildman–Crippen MR) is 58.6 cm³/mol.